The molecule has 1 aromatic carbocycles. The van der Waals surface area contributed by atoms with Gasteiger partial charge in [0.2, 0.25) is 12.3 Å². The molecule has 0 aliphatic heterocycles. The van der Waals surface area contributed by atoms with Crippen LogP contribution in [0, 0.1) is 0 Å². The summed E-state index contributed by atoms with van der Waals surface area (Å²) in [7, 11) is 0. The van der Waals surface area contributed by atoms with Crippen LogP contribution in [-0.4, -0.2) is 22.3 Å². The molecule has 1 fully saturated rings. The van der Waals surface area contributed by atoms with E-state index < -0.39 is 0 Å². The molecule has 1 heterocycles. The van der Waals surface area contributed by atoms with E-state index in [2.05, 4.69) is 15.5 Å². The summed E-state index contributed by atoms with van der Waals surface area (Å²) in [5, 5.41) is 10.3. The molecule has 20 heavy (non-hydrogen) atoms. The molecule has 0 unspecified atom stereocenters. The molecule has 6 nitrogen and oxygen atoms in total. The van der Waals surface area contributed by atoms with Gasteiger partial charge in [-0.2, -0.15) is 0 Å². The summed E-state index contributed by atoms with van der Waals surface area (Å²) in [4.78, 5) is 11.6. The zero-order valence-electron chi connectivity index (χ0n) is 10.9. The van der Waals surface area contributed by atoms with Crippen LogP contribution in [0.25, 0.3) is 0 Å². The number of ether oxygens (including phenoxy) is 1. The Labute approximate surface area is 116 Å². The van der Waals surface area contributed by atoms with Crippen molar-refractivity contribution in [2.75, 3.05) is 0 Å². The van der Waals surface area contributed by atoms with Gasteiger partial charge in [-0.15, -0.1) is 10.2 Å². The fraction of sp³-hybridized carbons (Fsp3) is 0.357. The van der Waals surface area contributed by atoms with E-state index in [-0.39, 0.29) is 24.7 Å². The summed E-state index contributed by atoms with van der Waals surface area (Å²) in [6.45, 7) is 0.284. The maximum absolute atomic E-state index is 11.6. The normalized spacial score (nSPS) is 21.0. The monoisotopic (exact) mass is 273 g/mol. The Morgan fingerprint density at radius 1 is 1.35 bits per heavy atom. The van der Waals surface area contributed by atoms with Crippen molar-refractivity contribution < 1.29 is 13.9 Å². The molecule has 0 saturated heterocycles. The van der Waals surface area contributed by atoms with Crippen LogP contribution in [0.3, 0.4) is 0 Å². The number of hydrogen-bond acceptors (Lipinski definition) is 5. The predicted octanol–water partition coefficient (Wildman–Crippen LogP) is 2.24. The Kier molecular flexibility index (Phi) is 3.62. The van der Waals surface area contributed by atoms with E-state index >= 15 is 0 Å². The van der Waals surface area contributed by atoms with Crippen molar-refractivity contribution in [2.45, 2.75) is 31.4 Å². The van der Waals surface area contributed by atoms with Gasteiger partial charge in [-0.05, 0) is 18.4 Å². The predicted molar refractivity (Wildman–Crippen MR) is 69.8 cm³/mol. The van der Waals surface area contributed by atoms with Crippen LogP contribution >= 0.6 is 0 Å². The van der Waals surface area contributed by atoms with Gasteiger partial charge in [0.25, 0.3) is 0 Å². The Hall–Kier alpha value is -2.37. The van der Waals surface area contributed by atoms with Crippen molar-refractivity contribution in [3.63, 3.8) is 0 Å². The first-order valence-corrected chi connectivity index (χ1v) is 6.54. The van der Waals surface area contributed by atoms with Crippen molar-refractivity contribution in [2.24, 2.45) is 0 Å². The number of rotatable bonds is 4. The zero-order chi connectivity index (χ0) is 13.8. The van der Waals surface area contributed by atoms with Crippen LogP contribution in [0.15, 0.2) is 41.1 Å². The highest BCUT2D eigenvalue weighted by atomic mass is 16.5. The average Bonchev–Trinajstić information content (AvgIpc) is 2.95. The molecule has 1 N–H and O–H groups in total. The lowest BCUT2D eigenvalue weighted by molar-refractivity contribution is 0.126. The fourth-order valence-electron chi connectivity index (χ4n) is 2.23. The van der Waals surface area contributed by atoms with Gasteiger partial charge in [0.15, 0.2) is 0 Å². The largest absolute Gasteiger partial charge is 0.445 e. The summed E-state index contributed by atoms with van der Waals surface area (Å²) in [5.74, 6) is 0.887. The number of benzene rings is 1. The first kappa shape index (κ1) is 12.7. The number of nitrogens with one attached hydrogen (secondary N) is 1. The average molecular weight is 273 g/mol. The second-order valence-corrected chi connectivity index (χ2v) is 4.85. The molecule has 1 amide bonds. The van der Waals surface area contributed by atoms with Gasteiger partial charge in [-0.3, -0.25) is 0 Å². The Balaban J connectivity index is 1.38. The van der Waals surface area contributed by atoms with Gasteiger partial charge in [0, 0.05) is 12.0 Å². The Bertz CT molecular complexity index is 550. The number of hydrogen-bond donors (Lipinski definition) is 1. The number of aromatic nitrogens is 2. The smallest absolute Gasteiger partial charge is 0.407 e. The van der Waals surface area contributed by atoms with Crippen LogP contribution in [0.4, 0.5) is 4.79 Å². The number of carbonyl (C=O) groups is 1. The minimum atomic E-state index is -0.386. The van der Waals surface area contributed by atoms with Crippen molar-refractivity contribution >= 4 is 6.09 Å². The Morgan fingerprint density at radius 3 is 2.85 bits per heavy atom. The molecular formula is C14H15N3O3. The van der Waals surface area contributed by atoms with E-state index in [1.807, 2.05) is 30.3 Å². The van der Waals surface area contributed by atoms with Gasteiger partial charge in [0.1, 0.15) is 6.61 Å². The topological polar surface area (TPSA) is 77.3 Å². The van der Waals surface area contributed by atoms with Crippen LogP contribution in [-0.2, 0) is 11.3 Å². The van der Waals surface area contributed by atoms with E-state index in [0.29, 0.717) is 5.89 Å². The number of alkyl carbamates (subject to hydrolysis) is 1. The van der Waals surface area contributed by atoms with Crippen molar-refractivity contribution in [1.82, 2.24) is 15.5 Å². The first-order chi connectivity index (χ1) is 9.81. The van der Waals surface area contributed by atoms with Gasteiger partial charge in [-0.1, -0.05) is 30.3 Å². The molecule has 1 saturated carbocycles. The Morgan fingerprint density at radius 2 is 2.15 bits per heavy atom. The fourth-order valence-corrected chi connectivity index (χ4v) is 2.23. The number of nitrogens with zero attached hydrogens (tertiary/aromatic N) is 2. The van der Waals surface area contributed by atoms with Crippen LogP contribution in [0.5, 0.6) is 0 Å². The molecule has 1 aromatic heterocycles. The van der Waals surface area contributed by atoms with Crippen molar-refractivity contribution in [3.8, 4) is 0 Å². The third kappa shape index (κ3) is 2.96. The second kappa shape index (κ2) is 5.73. The van der Waals surface area contributed by atoms with Crippen LogP contribution in [0.1, 0.15) is 30.2 Å². The SMILES string of the molecule is O=C(N[C@H]1C[C@H](c2nnco2)C1)OCc1ccccc1. The van der Waals surface area contributed by atoms with Gasteiger partial charge >= 0.3 is 6.09 Å². The summed E-state index contributed by atoms with van der Waals surface area (Å²) in [5.41, 5.74) is 0.972. The highest BCUT2D eigenvalue weighted by Crippen LogP contribution is 2.35. The molecular weight excluding hydrogens is 258 g/mol. The lowest BCUT2D eigenvalue weighted by Gasteiger charge is -2.32. The third-order valence-electron chi connectivity index (χ3n) is 3.40. The molecule has 1 aliphatic rings. The molecule has 0 spiro atoms. The summed E-state index contributed by atoms with van der Waals surface area (Å²) in [6.07, 6.45) is 2.55. The summed E-state index contributed by atoms with van der Waals surface area (Å²) in [6, 6.07) is 9.71. The summed E-state index contributed by atoms with van der Waals surface area (Å²) < 4.78 is 10.3. The van der Waals surface area contributed by atoms with Gasteiger partial charge in [-0.25, -0.2) is 4.79 Å². The zero-order valence-corrected chi connectivity index (χ0v) is 10.9. The van der Waals surface area contributed by atoms with Crippen LogP contribution in [0.2, 0.25) is 0 Å². The molecule has 3 rings (SSSR count). The van der Waals surface area contributed by atoms with E-state index in [1.165, 1.54) is 6.39 Å². The van der Waals surface area contributed by atoms with Crippen molar-refractivity contribution in [1.29, 1.82) is 0 Å². The minimum absolute atomic E-state index is 0.121. The highest BCUT2D eigenvalue weighted by molar-refractivity contribution is 5.67. The minimum Gasteiger partial charge on any atom is -0.445 e. The first-order valence-electron chi connectivity index (χ1n) is 6.54. The van der Waals surface area contributed by atoms with E-state index in [4.69, 9.17) is 9.15 Å². The lowest BCUT2D eigenvalue weighted by Crippen LogP contribution is -2.43. The van der Waals surface area contributed by atoms with Crippen LogP contribution < -0.4 is 5.32 Å². The van der Waals surface area contributed by atoms with Gasteiger partial charge in [0.05, 0.1) is 0 Å². The van der Waals surface area contributed by atoms with E-state index in [9.17, 15) is 4.79 Å². The van der Waals surface area contributed by atoms with Crippen molar-refractivity contribution in [3.05, 3.63) is 48.2 Å². The molecule has 0 atom stereocenters. The molecule has 0 bridgehead atoms. The molecule has 2 aromatic rings. The summed E-state index contributed by atoms with van der Waals surface area (Å²) >= 11 is 0. The quantitative estimate of drug-likeness (QED) is 0.924. The maximum atomic E-state index is 11.6. The standard InChI is InChI=1S/C14H15N3O3/c18-14(19-8-10-4-2-1-3-5-10)16-12-6-11(7-12)13-17-15-9-20-13/h1-5,9,11-12H,6-8H2,(H,16,18)/t11-,12-. The second-order valence-electron chi connectivity index (χ2n) is 4.85. The van der Waals surface area contributed by atoms with Gasteiger partial charge < -0.3 is 14.5 Å². The number of carbonyl (C=O) groups excluding carboxylic acids is 1. The molecule has 0 radical (unpaired) electrons. The molecule has 6 heteroatoms. The maximum Gasteiger partial charge on any atom is 0.407 e. The molecule has 104 valence electrons. The third-order valence-corrected chi connectivity index (χ3v) is 3.40. The highest BCUT2D eigenvalue weighted by Gasteiger charge is 2.34. The number of amides is 1. The van der Waals surface area contributed by atoms with E-state index in [1.54, 1.807) is 0 Å². The lowest BCUT2D eigenvalue weighted by atomic mass is 9.80. The molecule has 1 aliphatic carbocycles. The van der Waals surface area contributed by atoms with E-state index in [0.717, 1.165) is 18.4 Å².